The predicted molar refractivity (Wildman–Crippen MR) is 339 cm³/mol. The maximum absolute atomic E-state index is 2.57. The average Bonchev–Trinajstić information content (AvgIpc) is 4.07. The van der Waals surface area contributed by atoms with Crippen molar-refractivity contribution in [2.75, 3.05) is 9.80 Å². The fourth-order valence-electron chi connectivity index (χ4n) is 15.5. The van der Waals surface area contributed by atoms with E-state index in [1.807, 2.05) is 0 Å². The fourth-order valence-corrected chi connectivity index (χ4v) is 15.5. The maximum atomic E-state index is 2.57. The highest BCUT2D eigenvalue weighted by atomic mass is 15.2. The quantitative estimate of drug-likeness (QED) is 0.153. The van der Waals surface area contributed by atoms with Crippen molar-refractivity contribution < 1.29 is 0 Å². The van der Waals surface area contributed by atoms with Crippen LogP contribution in [0.15, 0.2) is 231 Å². The van der Waals surface area contributed by atoms with Crippen molar-refractivity contribution in [3.63, 3.8) is 0 Å². The summed E-state index contributed by atoms with van der Waals surface area (Å²) < 4.78 is 0. The molecule has 0 saturated heterocycles. The van der Waals surface area contributed by atoms with Crippen molar-refractivity contribution >= 4 is 66.4 Å². The van der Waals surface area contributed by atoms with Gasteiger partial charge >= 0.3 is 0 Å². The van der Waals surface area contributed by atoms with E-state index in [0.29, 0.717) is 0 Å². The van der Waals surface area contributed by atoms with Crippen LogP contribution in [0.4, 0.5) is 34.1 Å². The molecule has 4 aliphatic carbocycles. The van der Waals surface area contributed by atoms with Gasteiger partial charge in [-0.15, -0.1) is 0 Å². The van der Waals surface area contributed by atoms with Gasteiger partial charge in [-0.1, -0.05) is 225 Å². The normalized spacial score (nSPS) is 15.7. The van der Waals surface area contributed by atoms with E-state index in [4.69, 9.17) is 0 Å². The molecule has 0 fully saturated rings. The summed E-state index contributed by atoms with van der Waals surface area (Å²) in [6.45, 7) is 19.1. The summed E-state index contributed by atoms with van der Waals surface area (Å²) in [5, 5.41) is 7.32. The first-order chi connectivity index (χ1) is 38.7. The molecule has 16 rings (SSSR count). The Kier molecular flexibility index (Phi) is 9.59. The monoisotopic (exact) mass is 1030 g/mol. The Morgan fingerprint density at radius 1 is 0.225 bits per heavy atom. The first-order valence-corrected chi connectivity index (χ1v) is 28.7. The highest BCUT2D eigenvalue weighted by Gasteiger charge is 2.40. The van der Waals surface area contributed by atoms with E-state index in [0.717, 1.165) is 34.1 Å². The molecular formula is C78H62N2. The molecule has 0 bridgehead atoms. The van der Waals surface area contributed by atoms with E-state index in [1.54, 1.807) is 0 Å². The van der Waals surface area contributed by atoms with Crippen LogP contribution in [0.5, 0.6) is 0 Å². The van der Waals surface area contributed by atoms with Gasteiger partial charge in [-0.05, 0) is 171 Å². The number of rotatable bonds is 6. The van der Waals surface area contributed by atoms with Crippen molar-refractivity contribution in [2.45, 2.75) is 77.0 Å². The molecule has 2 nitrogen and oxygen atoms in total. The first-order valence-electron chi connectivity index (χ1n) is 28.7. The fraction of sp³-hybridized carbons (Fsp3) is 0.154. The molecule has 2 heteroatoms. The van der Waals surface area contributed by atoms with Crippen LogP contribution >= 0.6 is 0 Å². The van der Waals surface area contributed by atoms with Gasteiger partial charge < -0.3 is 9.80 Å². The van der Waals surface area contributed by atoms with Gasteiger partial charge in [-0.2, -0.15) is 0 Å². The minimum absolute atomic E-state index is 0.116. The van der Waals surface area contributed by atoms with Crippen molar-refractivity contribution in [3.05, 3.63) is 275 Å². The van der Waals surface area contributed by atoms with E-state index >= 15 is 0 Å². The highest BCUT2D eigenvalue weighted by molar-refractivity contribution is 6.26. The molecule has 0 aliphatic heterocycles. The summed E-state index contributed by atoms with van der Waals surface area (Å²) in [6.07, 6.45) is 0. The van der Waals surface area contributed by atoms with Crippen LogP contribution in [-0.2, 0) is 21.7 Å². The summed E-state index contributed by atoms with van der Waals surface area (Å²) in [6, 6.07) is 88.4. The van der Waals surface area contributed by atoms with Crippen LogP contribution in [0.3, 0.4) is 0 Å². The molecule has 0 saturated carbocycles. The topological polar surface area (TPSA) is 6.48 Å². The number of nitrogens with zero attached hydrogens (tertiary/aromatic N) is 2. The smallest absolute Gasteiger partial charge is 0.0546 e. The maximum Gasteiger partial charge on any atom is 0.0546 e. The summed E-state index contributed by atoms with van der Waals surface area (Å²) in [7, 11) is 0. The molecule has 384 valence electrons. The van der Waals surface area contributed by atoms with Gasteiger partial charge in [-0.25, -0.2) is 0 Å². The molecule has 0 amide bonds. The molecule has 0 aromatic heterocycles. The Hall–Kier alpha value is -8.98. The van der Waals surface area contributed by atoms with Crippen LogP contribution in [0.2, 0.25) is 0 Å². The van der Waals surface area contributed by atoms with E-state index in [-0.39, 0.29) is 21.7 Å². The second-order valence-corrected chi connectivity index (χ2v) is 25.3. The molecular weight excluding hydrogens is 965 g/mol. The zero-order valence-electron chi connectivity index (χ0n) is 46.8. The van der Waals surface area contributed by atoms with Crippen molar-refractivity contribution in [2.24, 2.45) is 0 Å². The highest BCUT2D eigenvalue weighted by Crippen LogP contribution is 2.57. The largest absolute Gasteiger partial charge is 0.310 e. The van der Waals surface area contributed by atoms with Gasteiger partial charge in [0.2, 0.25) is 0 Å². The molecule has 12 aromatic rings. The van der Waals surface area contributed by atoms with Crippen LogP contribution in [0.1, 0.15) is 99.9 Å². The third-order valence-electron chi connectivity index (χ3n) is 19.6. The van der Waals surface area contributed by atoms with Gasteiger partial charge in [-0.3, -0.25) is 0 Å². The number of anilines is 6. The molecule has 0 N–H and O–H groups in total. The number of hydrogen-bond acceptors (Lipinski definition) is 2. The van der Waals surface area contributed by atoms with Crippen LogP contribution in [0.25, 0.3) is 76.8 Å². The van der Waals surface area contributed by atoms with Crippen molar-refractivity contribution in [1.29, 1.82) is 0 Å². The van der Waals surface area contributed by atoms with Gasteiger partial charge in [0.15, 0.2) is 0 Å². The Morgan fingerprint density at radius 3 is 0.887 bits per heavy atom. The molecule has 0 atom stereocenters. The van der Waals surface area contributed by atoms with Crippen LogP contribution in [-0.4, -0.2) is 0 Å². The zero-order chi connectivity index (χ0) is 54.2. The van der Waals surface area contributed by atoms with Crippen molar-refractivity contribution in [3.8, 4) is 44.5 Å². The minimum atomic E-state index is -0.178. The Bertz CT molecular complexity index is 4380. The van der Waals surface area contributed by atoms with Gasteiger partial charge in [0.25, 0.3) is 0 Å². The lowest BCUT2D eigenvalue weighted by atomic mass is 9.82. The molecule has 0 heterocycles. The molecule has 0 unspecified atom stereocenters. The van der Waals surface area contributed by atoms with E-state index in [2.05, 4.69) is 296 Å². The number of fused-ring (bicyclic) bond motifs is 17. The van der Waals surface area contributed by atoms with Gasteiger partial charge in [0.05, 0.1) is 11.4 Å². The molecule has 0 radical (unpaired) electrons. The molecule has 0 spiro atoms. The van der Waals surface area contributed by atoms with E-state index < -0.39 is 0 Å². The Balaban J connectivity index is 0.975. The van der Waals surface area contributed by atoms with Gasteiger partial charge in [0.1, 0.15) is 0 Å². The standard InChI is InChI=1S/C78H62N2/c1-75(2)66-31-19-15-23-54(66)62-43-48(35-39-68(62)75)79(50-33-37-56-52-21-13-17-29-64(52)77(5,6)70(56)45-50)72-41-47-42-73(59-26-10-12-28-61(59)74(47)60-27-11-9-25-58(60)72)80(49-36-40-69-63(44-49)55-24-16-20-32-67(55)76(69,3)4)51-34-38-57-53-22-14-18-30-65(53)78(7,8)71(57)46-51/h9-46H,1-8H3. The van der Waals surface area contributed by atoms with Crippen LogP contribution in [0, 0.1) is 0 Å². The predicted octanol–water partition coefficient (Wildman–Crippen LogP) is 21.3. The van der Waals surface area contributed by atoms with E-state index in [1.165, 1.54) is 121 Å². The second kappa shape index (κ2) is 16.3. The zero-order valence-corrected chi connectivity index (χ0v) is 46.8. The molecule has 80 heavy (non-hydrogen) atoms. The summed E-state index contributed by atoms with van der Waals surface area (Å²) in [5.74, 6) is 0. The minimum Gasteiger partial charge on any atom is -0.310 e. The van der Waals surface area contributed by atoms with Gasteiger partial charge in [0, 0.05) is 55.2 Å². The van der Waals surface area contributed by atoms with Crippen molar-refractivity contribution in [1.82, 2.24) is 0 Å². The summed E-state index contributed by atoms with van der Waals surface area (Å²) in [5.41, 5.74) is 27.7. The Labute approximate surface area is 470 Å². The number of benzene rings is 12. The lowest BCUT2D eigenvalue weighted by molar-refractivity contribution is 0.660. The van der Waals surface area contributed by atoms with Crippen LogP contribution < -0.4 is 9.80 Å². The summed E-state index contributed by atoms with van der Waals surface area (Å²) in [4.78, 5) is 5.14. The molecule has 4 aliphatic rings. The second-order valence-electron chi connectivity index (χ2n) is 25.3. The Morgan fingerprint density at radius 2 is 0.500 bits per heavy atom. The number of hydrogen-bond donors (Lipinski definition) is 0. The SMILES string of the molecule is CC1(C)c2ccccc2-c2cc(N(c3ccc4c(c3)C(C)(C)c3ccccc3-4)c3cc4cc(N(c5ccc6c(c5)-c5ccccc5C6(C)C)c5ccc6c(c5)C(C)(C)c5ccccc5-6)c5ccccc5c4c4ccccc34)ccc21. The lowest BCUT2D eigenvalue weighted by Gasteiger charge is -2.32. The van der Waals surface area contributed by atoms with E-state index in [9.17, 15) is 0 Å². The lowest BCUT2D eigenvalue weighted by Crippen LogP contribution is -2.17. The molecule has 12 aromatic carbocycles. The first kappa shape index (κ1) is 47.1. The third kappa shape index (κ3) is 6.31. The summed E-state index contributed by atoms with van der Waals surface area (Å²) >= 11 is 0. The third-order valence-corrected chi connectivity index (χ3v) is 19.6. The average molecular weight is 1030 g/mol.